The van der Waals surface area contributed by atoms with Crippen LogP contribution in [-0.4, -0.2) is 31.4 Å². The SMILES string of the molecule is COC(=O)CC[C@@H]1CC(=O)CC[C@H]1OC=O. The van der Waals surface area contributed by atoms with Gasteiger partial charge in [-0.2, -0.15) is 0 Å². The van der Waals surface area contributed by atoms with E-state index in [1.54, 1.807) is 0 Å². The summed E-state index contributed by atoms with van der Waals surface area (Å²) in [5.74, 6) is -0.186. The quantitative estimate of drug-likeness (QED) is 0.515. The van der Waals surface area contributed by atoms with Gasteiger partial charge in [0.2, 0.25) is 0 Å². The Morgan fingerprint density at radius 3 is 2.94 bits per heavy atom. The molecule has 0 aliphatic heterocycles. The molecule has 1 aliphatic rings. The molecule has 16 heavy (non-hydrogen) atoms. The van der Waals surface area contributed by atoms with Crippen molar-refractivity contribution in [3.8, 4) is 0 Å². The van der Waals surface area contributed by atoms with Crippen LogP contribution in [0.5, 0.6) is 0 Å². The van der Waals surface area contributed by atoms with Gasteiger partial charge in [0.15, 0.2) is 0 Å². The zero-order valence-corrected chi connectivity index (χ0v) is 9.31. The molecule has 0 radical (unpaired) electrons. The van der Waals surface area contributed by atoms with Crippen molar-refractivity contribution in [2.24, 2.45) is 5.92 Å². The van der Waals surface area contributed by atoms with Gasteiger partial charge in [-0.1, -0.05) is 0 Å². The van der Waals surface area contributed by atoms with Gasteiger partial charge >= 0.3 is 5.97 Å². The second-order valence-corrected chi connectivity index (χ2v) is 3.93. The van der Waals surface area contributed by atoms with Crippen molar-refractivity contribution in [1.82, 2.24) is 0 Å². The number of ether oxygens (including phenoxy) is 2. The van der Waals surface area contributed by atoms with Gasteiger partial charge in [0.25, 0.3) is 6.47 Å². The van der Waals surface area contributed by atoms with E-state index in [0.717, 1.165) is 0 Å². The van der Waals surface area contributed by atoms with Gasteiger partial charge < -0.3 is 9.47 Å². The van der Waals surface area contributed by atoms with Gasteiger partial charge in [-0.3, -0.25) is 14.4 Å². The van der Waals surface area contributed by atoms with Crippen LogP contribution in [0.1, 0.15) is 32.1 Å². The van der Waals surface area contributed by atoms with Crippen LogP contribution in [0, 0.1) is 5.92 Å². The van der Waals surface area contributed by atoms with Crippen molar-refractivity contribution in [3.05, 3.63) is 0 Å². The van der Waals surface area contributed by atoms with E-state index in [1.165, 1.54) is 7.11 Å². The van der Waals surface area contributed by atoms with Gasteiger partial charge in [-0.15, -0.1) is 0 Å². The lowest BCUT2D eigenvalue weighted by molar-refractivity contribution is -0.144. The van der Waals surface area contributed by atoms with E-state index in [0.29, 0.717) is 32.2 Å². The fourth-order valence-corrected chi connectivity index (χ4v) is 2.01. The van der Waals surface area contributed by atoms with E-state index in [-0.39, 0.29) is 30.2 Å². The first kappa shape index (κ1) is 12.7. The monoisotopic (exact) mass is 228 g/mol. The highest BCUT2D eigenvalue weighted by atomic mass is 16.5. The van der Waals surface area contributed by atoms with Crippen LogP contribution in [0.25, 0.3) is 0 Å². The highest BCUT2D eigenvalue weighted by Crippen LogP contribution is 2.28. The minimum atomic E-state index is -0.303. The number of ketones is 1. The predicted octanol–water partition coefficient (Wildman–Crippen LogP) is 0.850. The smallest absolute Gasteiger partial charge is 0.305 e. The second-order valence-electron chi connectivity index (χ2n) is 3.93. The van der Waals surface area contributed by atoms with Gasteiger partial charge in [-0.25, -0.2) is 0 Å². The molecular formula is C11H16O5. The van der Waals surface area contributed by atoms with E-state index in [9.17, 15) is 14.4 Å². The molecule has 1 aliphatic carbocycles. The normalized spacial score (nSPS) is 24.9. The average Bonchev–Trinajstić information content (AvgIpc) is 2.29. The first-order valence-corrected chi connectivity index (χ1v) is 5.35. The molecule has 1 rings (SSSR count). The van der Waals surface area contributed by atoms with Gasteiger partial charge in [0.05, 0.1) is 7.11 Å². The Kier molecular flexibility index (Phi) is 4.95. The molecule has 1 saturated carbocycles. The lowest BCUT2D eigenvalue weighted by atomic mass is 9.83. The van der Waals surface area contributed by atoms with E-state index in [4.69, 9.17) is 4.74 Å². The summed E-state index contributed by atoms with van der Waals surface area (Å²) in [7, 11) is 1.33. The third-order valence-electron chi connectivity index (χ3n) is 2.90. The van der Waals surface area contributed by atoms with E-state index in [2.05, 4.69) is 4.74 Å². The maximum absolute atomic E-state index is 11.3. The third kappa shape index (κ3) is 3.64. The van der Waals surface area contributed by atoms with Crippen molar-refractivity contribution in [3.63, 3.8) is 0 Å². The van der Waals surface area contributed by atoms with Crippen LogP contribution < -0.4 is 0 Å². The van der Waals surface area contributed by atoms with Crippen molar-refractivity contribution in [2.75, 3.05) is 7.11 Å². The molecule has 2 atom stereocenters. The molecule has 0 unspecified atom stereocenters. The zero-order valence-electron chi connectivity index (χ0n) is 9.31. The number of hydrogen-bond acceptors (Lipinski definition) is 5. The second kappa shape index (κ2) is 6.25. The molecule has 0 heterocycles. The molecule has 90 valence electrons. The van der Waals surface area contributed by atoms with E-state index >= 15 is 0 Å². The zero-order chi connectivity index (χ0) is 12.0. The van der Waals surface area contributed by atoms with Crippen molar-refractivity contribution < 1.29 is 23.9 Å². The Morgan fingerprint density at radius 1 is 1.56 bits per heavy atom. The first-order chi connectivity index (χ1) is 7.67. The standard InChI is InChI=1S/C11H16O5/c1-15-11(14)5-2-8-6-9(13)3-4-10(8)16-7-12/h7-8,10H,2-6H2,1H3/t8-,10-/m1/s1. The Labute approximate surface area is 94.1 Å². The molecule has 5 heteroatoms. The Hall–Kier alpha value is -1.39. The summed E-state index contributed by atoms with van der Waals surface area (Å²) in [5.41, 5.74) is 0. The highest BCUT2D eigenvalue weighted by Gasteiger charge is 2.30. The summed E-state index contributed by atoms with van der Waals surface area (Å²) in [5, 5.41) is 0. The van der Waals surface area contributed by atoms with E-state index < -0.39 is 0 Å². The van der Waals surface area contributed by atoms with Crippen LogP contribution >= 0.6 is 0 Å². The maximum Gasteiger partial charge on any atom is 0.305 e. The number of methoxy groups -OCH3 is 1. The Morgan fingerprint density at radius 2 is 2.31 bits per heavy atom. The van der Waals surface area contributed by atoms with E-state index in [1.807, 2.05) is 0 Å². The third-order valence-corrected chi connectivity index (χ3v) is 2.90. The number of hydrogen-bond donors (Lipinski definition) is 0. The maximum atomic E-state index is 11.3. The Bertz CT molecular complexity index is 274. The summed E-state index contributed by atoms with van der Waals surface area (Å²) in [6.45, 7) is 0.408. The molecule has 0 aromatic carbocycles. The first-order valence-electron chi connectivity index (χ1n) is 5.35. The fourth-order valence-electron chi connectivity index (χ4n) is 2.01. The largest absolute Gasteiger partial charge is 0.469 e. The molecule has 0 aromatic heterocycles. The van der Waals surface area contributed by atoms with Crippen LogP contribution in [0.3, 0.4) is 0 Å². The molecule has 0 aromatic rings. The topological polar surface area (TPSA) is 69.7 Å². The summed E-state index contributed by atoms with van der Waals surface area (Å²) in [6.07, 6.45) is 1.94. The number of rotatable bonds is 5. The molecule has 1 fully saturated rings. The highest BCUT2D eigenvalue weighted by molar-refractivity contribution is 5.79. The lowest BCUT2D eigenvalue weighted by Gasteiger charge is -2.28. The number of carbonyl (C=O) groups is 3. The lowest BCUT2D eigenvalue weighted by Crippen LogP contribution is -2.32. The van der Waals surface area contributed by atoms with Crippen molar-refractivity contribution >= 4 is 18.2 Å². The predicted molar refractivity (Wildman–Crippen MR) is 54.5 cm³/mol. The molecule has 0 N–H and O–H groups in total. The molecule has 0 spiro atoms. The molecule has 5 nitrogen and oxygen atoms in total. The summed E-state index contributed by atoms with van der Waals surface area (Å²) < 4.78 is 9.45. The Balaban J connectivity index is 2.47. The van der Waals surface area contributed by atoms with Gasteiger partial charge in [0, 0.05) is 25.2 Å². The van der Waals surface area contributed by atoms with Crippen molar-refractivity contribution in [2.45, 2.75) is 38.2 Å². The number of carbonyl (C=O) groups excluding carboxylic acids is 3. The van der Waals surface area contributed by atoms with Crippen LogP contribution in [0.4, 0.5) is 0 Å². The summed E-state index contributed by atoms with van der Waals surface area (Å²) >= 11 is 0. The van der Waals surface area contributed by atoms with Crippen LogP contribution in [0.2, 0.25) is 0 Å². The van der Waals surface area contributed by atoms with Crippen LogP contribution in [0.15, 0.2) is 0 Å². The molecular weight excluding hydrogens is 212 g/mol. The summed E-state index contributed by atoms with van der Waals surface area (Å²) in [4.78, 5) is 32.6. The average molecular weight is 228 g/mol. The number of Topliss-reactive ketones (excluding diaryl/α,β-unsaturated/α-hetero) is 1. The summed E-state index contributed by atoms with van der Waals surface area (Å²) in [6, 6.07) is 0. The number of esters is 1. The molecule has 0 amide bonds. The van der Waals surface area contributed by atoms with Gasteiger partial charge in [0.1, 0.15) is 11.9 Å². The van der Waals surface area contributed by atoms with Crippen LogP contribution in [-0.2, 0) is 23.9 Å². The van der Waals surface area contributed by atoms with Crippen molar-refractivity contribution in [1.29, 1.82) is 0 Å². The minimum Gasteiger partial charge on any atom is -0.469 e. The fraction of sp³-hybridized carbons (Fsp3) is 0.727. The minimum absolute atomic E-state index is 0.0504. The van der Waals surface area contributed by atoms with Gasteiger partial charge in [-0.05, 0) is 12.8 Å². The molecule has 0 bridgehead atoms. The molecule has 0 saturated heterocycles.